The Morgan fingerprint density at radius 3 is 2.93 bits per heavy atom. The van der Waals surface area contributed by atoms with E-state index in [1.807, 2.05) is 0 Å². The van der Waals surface area contributed by atoms with E-state index in [-0.39, 0.29) is 0 Å². The zero-order chi connectivity index (χ0) is 9.83. The number of rotatable bonds is 1. The first kappa shape index (κ1) is 7.98. The van der Waals surface area contributed by atoms with Gasteiger partial charge in [0.2, 0.25) is 0 Å². The SMILES string of the molecule is c1cc2c(c(C3CC3)c1)C1=C(CCC1)[N]2. The molecule has 0 aromatic heterocycles. The van der Waals surface area contributed by atoms with Crippen LogP contribution in [0, 0.1) is 0 Å². The Labute approximate surface area is 90.2 Å². The number of allylic oxidation sites excluding steroid dienone is 2. The molecule has 0 saturated heterocycles. The van der Waals surface area contributed by atoms with Gasteiger partial charge >= 0.3 is 0 Å². The second-order valence-corrected chi connectivity index (χ2v) is 4.91. The Hall–Kier alpha value is -1.24. The maximum absolute atomic E-state index is 4.76. The van der Waals surface area contributed by atoms with Gasteiger partial charge < -0.3 is 0 Å². The molecule has 1 heteroatoms. The zero-order valence-electron chi connectivity index (χ0n) is 8.79. The summed E-state index contributed by atoms with van der Waals surface area (Å²) in [6.45, 7) is 0. The summed E-state index contributed by atoms with van der Waals surface area (Å²) in [5, 5.41) is 4.76. The monoisotopic (exact) mass is 196 g/mol. The van der Waals surface area contributed by atoms with Crippen LogP contribution in [0.3, 0.4) is 0 Å². The number of nitrogens with zero attached hydrogens (tertiary/aromatic N) is 1. The summed E-state index contributed by atoms with van der Waals surface area (Å²) in [4.78, 5) is 0. The van der Waals surface area contributed by atoms with E-state index in [9.17, 15) is 0 Å². The van der Waals surface area contributed by atoms with Crippen molar-refractivity contribution < 1.29 is 0 Å². The normalized spacial score (nSPS) is 22.7. The molecule has 0 unspecified atom stereocenters. The summed E-state index contributed by atoms with van der Waals surface area (Å²) >= 11 is 0. The first-order chi connectivity index (χ1) is 7.43. The van der Waals surface area contributed by atoms with Crippen LogP contribution in [0.1, 0.15) is 49.1 Å². The molecule has 1 nitrogen and oxygen atoms in total. The molecule has 2 aliphatic carbocycles. The predicted octanol–water partition coefficient (Wildman–Crippen LogP) is 3.71. The fourth-order valence-corrected chi connectivity index (χ4v) is 2.98. The van der Waals surface area contributed by atoms with Crippen molar-refractivity contribution in [3.05, 3.63) is 35.0 Å². The minimum absolute atomic E-state index is 0.850. The third-order valence-corrected chi connectivity index (χ3v) is 3.84. The summed E-state index contributed by atoms with van der Waals surface area (Å²) in [5.41, 5.74) is 7.32. The average Bonchev–Trinajstić information content (AvgIpc) is 2.88. The van der Waals surface area contributed by atoms with Crippen LogP contribution in [0.4, 0.5) is 5.69 Å². The standard InChI is InChI=1S/C14H14N/c1-3-10(9-7-8-9)14-11-4-2-5-12(11)15-13(14)6-1/h1,3,6,9H,2,4-5,7-8H2. The Kier molecular flexibility index (Phi) is 1.41. The van der Waals surface area contributed by atoms with Gasteiger partial charge in [-0.25, -0.2) is 0 Å². The van der Waals surface area contributed by atoms with Crippen LogP contribution < -0.4 is 5.32 Å². The molecule has 1 fully saturated rings. The predicted molar refractivity (Wildman–Crippen MR) is 61.0 cm³/mol. The van der Waals surface area contributed by atoms with Gasteiger partial charge in [-0.2, -0.15) is 0 Å². The van der Waals surface area contributed by atoms with Crippen molar-refractivity contribution in [3.8, 4) is 0 Å². The molecule has 1 aliphatic heterocycles. The Morgan fingerprint density at radius 1 is 1.13 bits per heavy atom. The molecule has 0 amide bonds. The highest BCUT2D eigenvalue weighted by Crippen LogP contribution is 2.51. The quantitative estimate of drug-likeness (QED) is 0.650. The summed E-state index contributed by atoms with van der Waals surface area (Å²) < 4.78 is 0. The first-order valence-corrected chi connectivity index (χ1v) is 6.00. The van der Waals surface area contributed by atoms with Crippen LogP contribution in [0.2, 0.25) is 0 Å². The Morgan fingerprint density at radius 2 is 2.07 bits per heavy atom. The highest BCUT2D eigenvalue weighted by molar-refractivity contribution is 5.85. The molecule has 4 rings (SSSR count). The topological polar surface area (TPSA) is 14.1 Å². The first-order valence-electron chi connectivity index (χ1n) is 6.00. The van der Waals surface area contributed by atoms with Gasteiger partial charge in [-0.05, 0) is 55.2 Å². The lowest BCUT2D eigenvalue weighted by Gasteiger charge is -2.09. The molecule has 3 aliphatic rings. The second kappa shape index (κ2) is 2.66. The number of hydrogen-bond acceptors (Lipinski definition) is 0. The molecule has 0 atom stereocenters. The molecular weight excluding hydrogens is 182 g/mol. The van der Waals surface area contributed by atoms with E-state index in [4.69, 9.17) is 5.32 Å². The lowest BCUT2D eigenvalue weighted by atomic mass is 9.96. The molecule has 1 radical (unpaired) electrons. The van der Waals surface area contributed by atoms with Crippen LogP contribution in [0.15, 0.2) is 23.9 Å². The summed E-state index contributed by atoms with van der Waals surface area (Å²) in [6, 6.07) is 6.68. The molecule has 0 N–H and O–H groups in total. The highest BCUT2D eigenvalue weighted by atomic mass is 14.9. The van der Waals surface area contributed by atoms with Crippen molar-refractivity contribution >= 4 is 11.3 Å². The fourth-order valence-electron chi connectivity index (χ4n) is 2.98. The van der Waals surface area contributed by atoms with E-state index < -0.39 is 0 Å². The molecule has 1 aromatic carbocycles. The van der Waals surface area contributed by atoms with Crippen molar-refractivity contribution in [2.45, 2.75) is 38.0 Å². The lowest BCUT2D eigenvalue weighted by Crippen LogP contribution is -1.93. The smallest absolute Gasteiger partial charge is 0.0711 e. The van der Waals surface area contributed by atoms with E-state index in [1.165, 1.54) is 49.1 Å². The van der Waals surface area contributed by atoms with Crippen molar-refractivity contribution in [2.75, 3.05) is 0 Å². The maximum Gasteiger partial charge on any atom is 0.0711 e. The fraction of sp³-hybridized carbons (Fsp3) is 0.429. The second-order valence-electron chi connectivity index (χ2n) is 4.91. The third-order valence-electron chi connectivity index (χ3n) is 3.84. The third kappa shape index (κ3) is 1.04. The molecule has 0 spiro atoms. The van der Waals surface area contributed by atoms with Crippen molar-refractivity contribution in [2.24, 2.45) is 0 Å². The summed E-state index contributed by atoms with van der Waals surface area (Å²) in [5.74, 6) is 0.850. The van der Waals surface area contributed by atoms with Gasteiger partial charge in [0.1, 0.15) is 0 Å². The van der Waals surface area contributed by atoms with Crippen LogP contribution >= 0.6 is 0 Å². The van der Waals surface area contributed by atoms with Crippen LogP contribution in [0.5, 0.6) is 0 Å². The maximum atomic E-state index is 4.76. The van der Waals surface area contributed by atoms with Crippen molar-refractivity contribution in [3.63, 3.8) is 0 Å². The van der Waals surface area contributed by atoms with E-state index in [2.05, 4.69) is 18.2 Å². The summed E-state index contributed by atoms with van der Waals surface area (Å²) in [6.07, 6.45) is 6.55. The van der Waals surface area contributed by atoms with Gasteiger partial charge in [0.25, 0.3) is 0 Å². The van der Waals surface area contributed by atoms with Crippen LogP contribution in [-0.4, -0.2) is 0 Å². The van der Waals surface area contributed by atoms with E-state index >= 15 is 0 Å². The number of fused-ring (bicyclic) bond motifs is 2. The van der Waals surface area contributed by atoms with E-state index in [0.717, 1.165) is 5.92 Å². The number of benzene rings is 1. The Balaban J connectivity index is 1.93. The molecular formula is C14H14N. The minimum atomic E-state index is 0.850. The largest absolute Gasteiger partial charge is 0.253 e. The van der Waals surface area contributed by atoms with Gasteiger partial charge in [-0.15, -0.1) is 0 Å². The molecule has 1 aromatic rings. The molecule has 0 bridgehead atoms. The number of hydrogen-bond donors (Lipinski definition) is 0. The lowest BCUT2D eigenvalue weighted by molar-refractivity contribution is 0.857. The van der Waals surface area contributed by atoms with Crippen molar-refractivity contribution in [1.29, 1.82) is 0 Å². The molecule has 1 heterocycles. The summed E-state index contributed by atoms with van der Waals surface area (Å²) in [7, 11) is 0. The average molecular weight is 196 g/mol. The van der Waals surface area contributed by atoms with E-state index in [1.54, 1.807) is 11.1 Å². The molecule has 75 valence electrons. The van der Waals surface area contributed by atoms with Gasteiger partial charge in [-0.3, -0.25) is 5.32 Å². The van der Waals surface area contributed by atoms with Crippen LogP contribution in [0.25, 0.3) is 5.57 Å². The van der Waals surface area contributed by atoms with Gasteiger partial charge in [-0.1, -0.05) is 12.1 Å². The molecule has 15 heavy (non-hydrogen) atoms. The van der Waals surface area contributed by atoms with Crippen molar-refractivity contribution in [1.82, 2.24) is 5.32 Å². The van der Waals surface area contributed by atoms with Gasteiger partial charge in [0, 0.05) is 11.3 Å². The molecule has 1 saturated carbocycles. The van der Waals surface area contributed by atoms with Gasteiger partial charge in [0.15, 0.2) is 0 Å². The minimum Gasteiger partial charge on any atom is -0.253 e. The highest BCUT2D eigenvalue weighted by Gasteiger charge is 2.33. The van der Waals surface area contributed by atoms with E-state index in [0.29, 0.717) is 0 Å². The van der Waals surface area contributed by atoms with Crippen LogP contribution in [-0.2, 0) is 0 Å². The van der Waals surface area contributed by atoms with Gasteiger partial charge in [0.05, 0.1) is 5.69 Å². The Bertz CT molecular complexity index is 466. The zero-order valence-corrected chi connectivity index (χ0v) is 8.79.